The van der Waals surface area contributed by atoms with Crippen molar-refractivity contribution in [3.05, 3.63) is 27.8 Å². The third-order valence-corrected chi connectivity index (χ3v) is 2.67. The van der Waals surface area contributed by atoms with Gasteiger partial charge in [0.25, 0.3) is 0 Å². The van der Waals surface area contributed by atoms with Gasteiger partial charge in [0.1, 0.15) is 5.41 Å². The van der Waals surface area contributed by atoms with Crippen LogP contribution in [-0.4, -0.2) is 5.91 Å². The first-order valence-electron chi connectivity index (χ1n) is 4.44. The lowest BCUT2D eigenvalue weighted by molar-refractivity contribution is -0.121. The summed E-state index contributed by atoms with van der Waals surface area (Å²) in [7, 11) is 0. The van der Waals surface area contributed by atoms with E-state index in [1.54, 1.807) is 13.8 Å². The van der Waals surface area contributed by atoms with Crippen molar-refractivity contribution in [1.29, 1.82) is 5.26 Å². The minimum absolute atomic E-state index is 0.286. The quantitative estimate of drug-likeness (QED) is 0.854. The minimum atomic E-state index is -0.997. The number of carbonyl (C=O) groups excluding carboxylic acids is 1. The summed E-state index contributed by atoms with van der Waals surface area (Å²) < 4.78 is 1.10. The zero-order chi connectivity index (χ0) is 11.5. The molecule has 4 heteroatoms. The fraction of sp³-hybridized carbons (Fsp3) is 0.273. The van der Waals surface area contributed by atoms with Gasteiger partial charge in [0.2, 0.25) is 5.91 Å². The van der Waals surface area contributed by atoms with E-state index in [9.17, 15) is 4.79 Å². The predicted octanol–water partition coefficient (Wildman–Crippen LogP) is 2.78. The second-order valence-corrected chi connectivity index (χ2v) is 4.94. The maximum atomic E-state index is 11.6. The number of nitrogens with one attached hydrogen (secondary N) is 1. The van der Waals surface area contributed by atoms with Gasteiger partial charge in [0, 0.05) is 9.26 Å². The van der Waals surface area contributed by atoms with Crippen molar-refractivity contribution in [2.24, 2.45) is 5.41 Å². The molecule has 0 aliphatic heterocycles. The van der Waals surface area contributed by atoms with Gasteiger partial charge < -0.3 is 5.32 Å². The zero-order valence-corrected chi connectivity index (χ0v) is 10.7. The third kappa shape index (κ3) is 3.20. The highest BCUT2D eigenvalue weighted by atomic mass is 127. The molecule has 0 unspecified atom stereocenters. The van der Waals surface area contributed by atoms with Crippen LogP contribution in [0.5, 0.6) is 0 Å². The lowest BCUT2D eigenvalue weighted by Gasteiger charge is -2.14. The summed E-state index contributed by atoms with van der Waals surface area (Å²) in [5.41, 5.74) is -0.285. The highest BCUT2D eigenvalue weighted by molar-refractivity contribution is 14.1. The predicted molar refractivity (Wildman–Crippen MR) is 67.2 cm³/mol. The van der Waals surface area contributed by atoms with Crippen LogP contribution in [0.2, 0.25) is 0 Å². The second-order valence-electron chi connectivity index (χ2n) is 3.70. The SMILES string of the molecule is CC(C)(C#N)C(=O)Nc1ccc(I)cc1. The molecule has 0 saturated heterocycles. The van der Waals surface area contributed by atoms with E-state index in [0.717, 1.165) is 3.57 Å². The Kier molecular flexibility index (Phi) is 3.69. The second kappa shape index (κ2) is 4.62. The monoisotopic (exact) mass is 314 g/mol. The molecule has 3 nitrogen and oxygen atoms in total. The topological polar surface area (TPSA) is 52.9 Å². The Hall–Kier alpha value is -1.09. The van der Waals surface area contributed by atoms with Gasteiger partial charge in [-0.25, -0.2) is 0 Å². The smallest absolute Gasteiger partial charge is 0.244 e. The van der Waals surface area contributed by atoms with Gasteiger partial charge in [-0.05, 0) is 60.7 Å². The molecular formula is C11H11IN2O. The first-order valence-corrected chi connectivity index (χ1v) is 5.52. The van der Waals surface area contributed by atoms with Gasteiger partial charge in [-0.2, -0.15) is 5.26 Å². The minimum Gasteiger partial charge on any atom is -0.325 e. The number of anilines is 1. The third-order valence-electron chi connectivity index (χ3n) is 1.95. The number of amides is 1. The molecule has 1 aromatic rings. The summed E-state index contributed by atoms with van der Waals surface area (Å²) in [4.78, 5) is 11.6. The highest BCUT2D eigenvalue weighted by Crippen LogP contribution is 2.18. The number of benzene rings is 1. The maximum absolute atomic E-state index is 11.6. The van der Waals surface area contributed by atoms with Gasteiger partial charge in [0.15, 0.2) is 0 Å². The Balaban J connectivity index is 2.76. The van der Waals surface area contributed by atoms with E-state index < -0.39 is 5.41 Å². The molecule has 0 saturated carbocycles. The Bertz CT molecular complexity index is 404. The molecule has 1 amide bonds. The van der Waals surface area contributed by atoms with Gasteiger partial charge >= 0.3 is 0 Å². The van der Waals surface area contributed by atoms with Crippen LogP contribution in [-0.2, 0) is 4.79 Å². The van der Waals surface area contributed by atoms with Crippen molar-refractivity contribution >= 4 is 34.2 Å². The number of carbonyl (C=O) groups is 1. The Morgan fingerprint density at radius 2 is 1.93 bits per heavy atom. The summed E-state index contributed by atoms with van der Waals surface area (Å²) in [6.45, 7) is 3.18. The van der Waals surface area contributed by atoms with E-state index in [4.69, 9.17) is 5.26 Å². The molecule has 0 heterocycles. The van der Waals surface area contributed by atoms with E-state index in [0.29, 0.717) is 5.69 Å². The summed E-state index contributed by atoms with van der Waals surface area (Å²) in [5.74, 6) is -0.286. The standard InChI is InChI=1S/C11H11IN2O/c1-11(2,7-13)10(15)14-9-5-3-8(12)4-6-9/h3-6H,1-2H3,(H,14,15). The van der Waals surface area contributed by atoms with Crippen molar-refractivity contribution < 1.29 is 4.79 Å². The molecule has 0 atom stereocenters. The van der Waals surface area contributed by atoms with Crippen molar-refractivity contribution in [3.63, 3.8) is 0 Å². The van der Waals surface area contributed by atoms with E-state index >= 15 is 0 Å². The molecule has 78 valence electrons. The molecule has 1 N–H and O–H groups in total. The number of nitriles is 1. The normalized spacial score (nSPS) is 10.5. The van der Waals surface area contributed by atoms with E-state index in [-0.39, 0.29) is 5.91 Å². The Labute approximate surface area is 103 Å². The number of nitrogens with zero attached hydrogens (tertiary/aromatic N) is 1. The van der Waals surface area contributed by atoms with Crippen LogP contribution in [0, 0.1) is 20.3 Å². The molecule has 0 bridgehead atoms. The number of halogens is 1. The van der Waals surface area contributed by atoms with E-state index in [1.807, 2.05) is 30.3 Å². The molecule has 0 radical (unpaired) electrons. The van der Waals surface area contributed by atoms with Crippen LogP contribution >= 0.6 is 22.6 Å². The number of hydrogen-bond acceptors (Lipinski definition) is 2. The lowest BCUT2D eigenvalue weighted by atomic mass is 9.95. The van der Waals surface area contributed by atoms with Crippen LogP contribution in [0.4, 0.5) is 5.69 Å². The van der Waals surface area contributed by atoms with Crippen LogP contribution in [0.25, 0.3) is 0 Å². The van der Waals surface area contributed by atoms with Gasteiger partial charge in [0.05, 0.1) is 6.07 Å². The van der Waals surface area contributed by atoms with E-state index in [1.165, 1.54) is 0 Å². The number of hydrogen-bond donors (Lipinski definition) is 1. The average molecular weight is 314 g/mol. The molecule has 0 aliphatic carbocycles. The van der Waals surface area contributed by atoms with Crippen LogP contribution in [0.15, 0.2) is 24.3 Å². The van der Waals surface area contributed by atoms with Gasteiger partial charge in [-0.1, -0.05) is 0 Å². The largest absolute Gasteiger partial charge is 0.325 e. The molecule has 1 rings (SSSR count). The van der Waals surface area contributed by atoms with Crippen LogP contribution in [0.3, 0.4) is 0 Å². The number of rotatable bonds is 2. The molecular weight excluding hydrogens is 303 g/mol. The summed E-state index contributed by atoms with van der Waals surface area (Å²) in [6, 6.07) is 9.38. The molecule has 0 spiro atoms. The highest BCUT2D eigenvalue weighted by Gasteiger charge is 2.26. The molecule has 15 heavy (non-hydrogen) atoms. The maximum Gasteiger partial charge on any atom is 0.244 e. The van der Waals surface area contributed by atoms with Crippen molar-refractivity contribution in [1.82, 2.24) is 0 Å². The van der Waals surface area contributed by atoms with E-state index in [2.05, 4.69) is 27.9 Å². The van der Waals surface area contributed by atoms with Crippen LogP contribution in [0.1, 0.15) is 13.8 Å². The van der Waals surface area contributed by atoms with Crippen LogP contribution < -0.4 is 5.32 Å². The van der Waals surface area contributed by atoms with Gasteiger partial charge in [-0.3, -0.25) is 4.79 Å². The molecule has 1 aromatic carbocycles. The van der Waals surface area contributed by atoms with Crippen molar-refractivity contribution in [3.8, 4) is 6.07 Å². The Morgan fingerprint density at radius 1 is 1.40 bits per heavy atom. The molecule has 0 aliphatic rings. The van der Waals surface area contributed by atoms with Gasteiger partial charge in [-0.15, -0.1) is 0 Å². The Morgan fingerprint density at radius 3 is 2.40 bits per heavy atom. The first kappa shape index (κ1) is 12.0. The molecule has 0 aromatic heterocycles. The lowest BCUT2D eigenvalue weighted by Crippen LogP contribution is -2.29. The average Bonchev–Trinajstić information content (AvgIpc) is 2.21. The molecule has 0 fully saturated rings. The summed E-state index contributed by atoms with van der Waals surface area (Å²) in [5, 5.41) is 11.5. The summed E-state index contributed by atoms with van der Waals surface area (Å²) >= 11 is 2.19. The first-order chi connectivity index (χ1) is 6.95. The fourth-order valence-electron chi connectivity index (χ4n) is 0.871. The summed E-state index contributed by atoms with van der Waals surface area (Å²) in [6.07, 6.45) is 0. The van der Waals surface area contributed by atoms with Crippen molar-refractivity contribution in [2.75, 3.05) is 5.32 Å². The van der Waals surface area contributed by atoms with Crippen molar-refractivity contribution in [2.45, 2.75) is 13.8 Å². The fourth-order valence-corrected chi connectivity index (χ4v) is 1.23. The zero-order valence-electron chi connectivity index (χ0n) is 8.54.